The molecule has 0 saturated heterocycles. The number of hydrogen-bond donors (Lipinski definition) is 2. The van der Waals surface area contributed by atoms with Crippen molar-refractivity contribution in [3.05, 3.63) is 107 Å². The SMILES string of the molecule is Cc1ccccc1NC(=O)c1cc2ccccc2cc1OCC(=O)NCCc1ccc(F)cc1. The van der Waals surface area contributed by atoms with Gasteiger partial charge < -0.3 is 15.4 Å². The Bertz CT molecular complexity index is 1320. The number of anilines is 1. The summed E-state index contributed by atoms with van der Waals surface area (Å²) in [6, 6.07) is 24.9. The molecule has 172 valence electrons. The lowest BCUT2D eigenvalue weighted by atomic mass is 10.0. The number of aryl methyl sites for hydroxylation is 1. The monoisotopic (exact) mass is 456 g/mol. The van der Waals surface area contributed by atoms with Crippen molar-refractivity contribution in [3.63, 3.8) is 0 Å². The van der Waals surface area contributed by atoms with Crippen molar-refractivity contribution in [2.24, 2.45) is 0 Å². The average molecular weight is 457 g/mol. The summed E-state index contributed by atoms with van der Waals surface area (Å²) in [7, 11) is 0. The Kier molecular flexibility index (Phi) is 7.18. The molecule has 0 saturated carbocycles. The second-order valence-corrected chi connectivity index (χ2v) is 7.98. The third-order valence-electron chi connectivity index (χ3n) is 5.49. The number of hydrogen-bond acceptors (Lipinski definition) is 3. The van der Waals surface area contributed by atoms with Crippen molar-refractivity contribution >= 4 is 28.3 Å². The molecule has 0 fully saturated rings. The molecule has 2 amide bonds. The zero-order valence-electron chi connectivity index (χ0n) is 18.8. The van der Waals surface area contributed by atoms with Crippen molar-refractivity contribution < 1.29 is 18.7 Å². The molecular formula is C28H25FN2O3. The van der Waals surface area contributed by atoms with Gasteiger partial charge >= 0.3 is 0 Å². The molecule has 4 rings (SSSR count). The fourth-order valence-electron chi connectivity index (χ4n) is 3.61. The highest BCUT2D eigenvalue weighted by Crippen LogP contribution is 2.27. The summed E-state index contributed by atoms with van der Waals surface area (Å²) in [5, 5.41) is 7.52. The van der Waals surface area contributed by atoms with Crippen LogP contribution in [0.3, 0.4) is 0 Å². The molecule has 0 radical (unpaired) electrons. The van der Waals surface area contributed by atoms with Gasteiger partial charge in [-0.25, -0.2) is 4.39 Å². The Balaban J connectivity index is 1.45. The number of para-hydroxylation sites is 1. The van der Waals surface area contributed by atoms with Gasteiger partial charge in [-0.05, 0) is 65.6 Å². The third-order valence-corrected chi connectivity index (χ3v) is 5.49. The van der Waals surface area contributed by atoms with Gasteiger partial charge in [0.15, 0.2) is 6.61 Å². The van der Waals surface area contributed by atoms with Crippen LogP contribution in [0.25, 0.3) is 10.8 Å². The van der Waals surface area contributed by atoms with Gasteiger partial charge in [-0.1, -0.05) is 54.6 Å². The first-order chi connectivity index (χ1) is 16.5. The summed E-state index contributed by atoms with van der Waals surface area (Å²) in [6.07, 6.45) is 0.575. The number of carbonyl (C=O) groups excluding carboxylic acids is 2. The molecule has 34 heavy (non-hydrogen) atoms. The summed E-state index contributed by atoms with van der Waals surface area (Å²) in [5.41, 5.74) is 2.93. The normalized spacial score (nSPS) is 10.6. The number of halogens is 1. The molecule has 4 aromatic carbocycles. The number of fused-ring (bicyclic) bond motifs is 1. The van der Waals surface area contributed by atoms with Crippen LogP contribution in [0.2, 0.25) is 0 Å². The average Bonchev–Trinajstić information content (AvgIpc) is 2.84. The van der Waals surface area contributed by atoms with Gasteiger partial charge in [0, 0.05) is 12.2 Å². The second kappa shape index (κ2) is 10.6. The fourth-order valence-corrected chi connectivity index (χ4v) is 3.61. The van der Waals surface area contributed by atoms with E-state index in [9.17, 15) is 14.0 Å². The van der Waals surface area contributed by atoms with Crippen LogP contribution in [0.15, 0.2) is 84.9 Å². The van der Waals surface area contributed by atoms with Crippen LogP contribution in [0.1, 0.15) is 21.5 Å². The Morgan fingerprint density at radius 2 is 1.56 bits per heavy atom. The molecule has 0 heterocycles. The van der Waals surface area contributed by atoms with Gasteiger partial charge in [0.05, 0.1) is 5.56 Å². The van der Waals surface area contributed by atoms with E-state index in [0.29, 0.717) is 30.0 Å². The number of benzene rings is 4. The molecule has 6 heteroatoms. The van der Waals surface area contributed by atoms with E-state index in [4.69, 9.17) is 4.74 Å². The molecule has 4 aromatic rings. The van der Waals surface area contributed by atoms with Crippen molar-refractivity contribution in [3.8, 4) is 5.75 Å². The summed E-state index contributed by atoms with van der Waals surface area (Å²) in [6.45, 7) is 2.09. The van der Waals surface area contributed by atoms with E-state index in [-0.39, 0.29) is 24.2 Å². The van der Waals surface area contributed by atoms with E-state index in [0.717, 1.165) is 21.9 Å². The molecule has 0 aliphatic carbocycles. The predicted octanol–water partition coefficient (Wildman–Crippen LogP) is 5.28. The maximum absolute atomic E-state index is 13.1. The van der Waals surface area contributed by atoms with E-state index in [1.807, 2.05) is 55.5 Å². The first-order valence-electron chi connectivity index (χ1n) is 11.0. The summed E-state index contributed by atoms with van der Waals surface area (Å²) in [4.78, 5) is 25.5. The van der Waals surface area contributed by atoms with Crippen molar-refractivity contribution in [2.75, 3.05) is 18.5 Å². The first-order valence-corrected chi connectivity index (χ1v) is 11.0. The van der Waals surface area contributed by atoms with E-state index >= 15 is 0 Å². The predicted molar refractivity (Wildman–Crippen MR) is 132 cm³/mol. The van der Waals surface area contributed by atoms with Crippen molar-refractivity contribution in [2.45, 2.75) is 13.3 Å². The van der Waals surface area contributed by atoms with Crippen LogP contribution in [-0.4, -0.2) is 25.0 Å². The fraction of sp³-hybridized carbons (Fsp3) is 0.143. The lowest BCUT2D eigenvalue weighted by molar-refractivity contribution is -0.123. The van der Waals surface area contributed by atoms with E-state index in [1.54, 1.807) is 24.3 Å². The van der Waals surface area contributed by atoms with Crippen molar-refractivity contribution in [1.29, 1.82) is 0 Å². The molecule has 5 nitrogen and oxygen atoms in total. The summed E-state index contributed by atoms with van der Waals surface area (Å²) in [5.74, 6) is -0.579. The Morgan fingerprint density at radius 1 is 0.882 bits per heavy atom. The Morgan fingerprint density at radius 3 is 2.29 bits per heavy atom. The minimum Gasteiger partial charge on any atom is -0.483 e. The van der Waals surface area contributed by atoms with Crippen LogP contribution in [0.4, 0.5) is 10.1 Å². The van der Waals surface area contributed by atoms with Crippen LogP contribution in [0, 0.1) is 12.7 Å². The van der Waals surface area contributed by atoms with E-state index in [1.165, 1.54) is 12.1 Å². The molecule has 0 unspecified atom stereocenters. The largest absolute Gasteiger partial charge is 0.483 e. The topological polar surface area (TPSA) is 67.4 Å². The molecule has 0 aliphatic rings. The van der Waals surface area contributed by atoms with Gasteiger partial charge in [-0.3, -0.25) is 9.59 Å². The van der Waals surface area contributed by atoms with Crippen LogP contribution >= 0.6 is 0 Å². The highest BCUT2D eigenvalue weighted by molar-refractivity contribution is 6.09. The van der Waals surface area contributed by atoms with Gasteiger partial charge in [0.2, 0.25) is 0 Å². The van der Waals surface area contributed by atoms with Gasteiger partial charge in [0.25, 0.3) is 11.8 Å². The first kappa shape index (κ1) is 23.0. The van der Waals surface area contributed by atoms with Gasteiger partial charge in [-0.15, -0.1) is 0 Å². The number of amides is 2. The van der Waals surface area contributed by atoms with Crippen LogP contribution in [0.5, 0.6) is 5.75 Å². The highest BCUT2D eigenvalue weighted by atomic mass is 19.1. The quantitative estimate of drug-likeness (QED) is 0.379. The van der Waals surface area contributed by atoms with Crippen LogP contribution < -0.4 is 15.4 Å². The van der Waals surface area contributed by atoms with Crippen LogP contribution in [-0.2, 0) is 11.2 Å². The third kappa shape index (κ3) is 5.78. The molecule has 0 aliphatic heterocycles. The summed E-state index contributed by atoms with van der Waals surface area (Å²) >= 11 is 0. The Hall–Kier alpha value is -4.19. The standard InChI is InChI=1S/C28H25FN2O3/c1-19-6-2-5-9-25(19)31-28(33)24-16-21-7-3-4-8-22(21)17-26(24)34-18-27(32)30-15-14-20-10-12-23(29)13-11-20/h2-13,16-17H,14-15,18H2,1H3,(H,30,32)(H,31,33). The number of ether oxygens (including phenoxy) is 1. The minimum absolute atomic E-state index is 0.230. The molecule has 0 atom stereocenters. The lowest BCUT2D eigenvalue weighted by Gasteiger charge is -2.14. The zero-order valence-corrected chi connectivity index (χ0v) is 18.8. The smallest absolute Gasteiger partial charge is 0.259 e. The minimum atomic E-state index is -0.313. The molecule has 0 aromatic heterocycles. The lowest BCUT2D eigenvalue weighted by Crippen LogP contribution is -2.31. The van der Waals surface area contributed by atoms with E-state index < -0.39 is 0 Å². The Labute approximate surface area is 197 Å². The number of rotatable bonds is 8. The molecule has 0 spiro atoms. The zero-order chi connectivity index (χ0) is 23.9. The molecule has 2 N–H and O–H groups in total. The number of carbonyl (C=O) groups is 2. The highest BCUT2D eigenvalue weighted by Gasteiger charge is 2.16. The maximum Gasteiger partial charge on any atom is 0.259 e. The second-order valence-electron chi connectivity index (χ2n) is 7.98. The summed E-state index contributed by atoms with van der Waals surface area (Å²) < 4.78 is 18.8. The van der Waals surface area contributed by atoms with Gasteiger partial charge in [-0.2, -0.15) is 0 Å². The molecule has 0 bridgehead atoms. The van der Waals surface area contributed by atoms with Gasteiger partial charge in [0.1, 0.15) is 11.6 Å². The molecular weight excluding hydrogens is 431 g/mol. The number of nitrogens with one attached hydrogen (secondary N) is 2. The maximum atomic E-state index is 13.1. The van der Waals surface area contributed by atoms with Crippen molar-refractivity contribution in [1.82, 2.24) is 5.32 Å². The van der Waals surface area contributed by atoms with E-state index in [2.05, 4.69) is 10.6 Å².